The first kappa shape index (κ1) is 17.2. The summed E-state index contributed by atoms with van der Waals surface area (Å²) in [6.07, 6.45) is -6.42. The number of ketones is 1. The summed E-state index contributed by atoms with van der Waals surface area (Å²) in [4.78, 5) is 25.1. The molecule has 1 aromatic rings. The molecule has 4 nitrogen and oxygen atoms in total. The molecule has 8 heteroatoms. The molecular formula is C15H15F4NO3. The Balaban J connectivity index is 2.60. The van der Waals surface area contributed by atoms with Crippen LogP contribution in [0.2, 0.25) is 0 Å². The summed E-state index contributed by atoms with van der Waals surface area (Å²) in [6, 6.07) is 0.328. The highest BCUT2D eigenvalue weighted by Crippen LogP contribution is 2.39. The monoisotopic (exact) mass is 333 g/mol. The number of ether oxygens (including phenoxy) is 1. The van der Waals surface area contributed by atoms with Crippen molar-refractivity contribution in [3.63, 3.8) is 0 Å². The van der Waals surface area contributed by atoms with Crippen LogP contribution in [0.15, 0.2) is 12.1 Å². The quantitative estimate of drug-likeness (QED) is 0.725. The Morgan fingerprint density at radius 2 is 1.96 bits per heavy atom. The molecule has 0 bridgehead atoms. The molecule has 0 N–H and O–H groups in total. The molecule has 0 aliphatic carbocycles. The summed E-state index contributed by atoms with van der Waals surface area (Å²) < 4.78 is 57.4. The van der Waals surface area contributed by atoms with Crippen LogP contribution in [0, 0.1) is 5.82 Å². The fourth-order valence-corrected chi connectivity index (χ4v) is 2.45. The average molecular weight is 333 g/mol. The number of halogens is 4. The molecule has 1 atom stereocenters. The van der Waals surface area contributed by atoms with Gasteiger partial charge in [0.05, 0.1) is 17.4 Å². The van der Waals surface area contributed by atoms with E-state index in [1.807, 2.05) is 0 Å². The van der Waals surface area contributed by atoms with Gasteiger partial charge in [0.2, 0.25) is 0 Å². The van der Waals surface area contributed by atoms with Gasteiger partial charge < -0.3 is 4.74 Å². The van der Waals surface area contributed by atoms with Gasteiger partial charge in [-0.3, -0.25) is 9.69 Å². The molecule has 126 valence electrons. The summed E-state index contributed by atoms with van der Waals surface area (Å²) in [6.45, 7) is 4.69. The van der Waals surface area contributed by atoms with Crippen molar-refractivity contribution in [3.8, 4) is 0 Å². The molecule has 2 rings (SSSR count). The van der Waals surface area contributed by atoms with Crippen LogP contribution < -0.4 is 4.90 Å². The lowest BCUT2D eigenvalue weighted by atomic mass is 9.94. The second-order valence-corrected chi connectivity index (χ2v) is 5.63. The number of hydrogen-bond donors (Lipinski definition) is 0. The summed E-state index contributed by atoms with van der Waals surface area (Å²) in [5.41, 5.74) is -2.07. The number of carbonyl (C=O) groups is 2. The number of rotatable bonds is 1. The van der Waals surface area contributed by atoms with E-state index in [4.69, 9.17) is 4.74 Å². The molecule has 0 aromatic heterocycles. The van der Waals surface area contributed by atoms with Crippen LogP contribution in [0.25, 0.3) is 0 Å². The number of anilines is 1. The van der Waals surface area contributed by atoms with Crippen molar-refractivity contribution >= 4 is 17.6 Å². The maximum absolute atomic E-state index is 13.7. The Morgan fingerprint density at radius 3 is 2.48 bits per heavy atom. The normalized spacial score (nSPS) is 18.2. The molecule has 0 fully saturated rings. The molecule has 1 unspecified atom stereocenters. The van der Waals surface area contributed by atoms with Crippen molar-refractivity contribution in [3.05, 3.63) is 29.1 Å². The molecule has 1 aliphatic heterocycles. The van der Waals surface area contributed by atoms with E-state index in [2.05, 4.69) is 0 Å². The van der Waals surface area contributed by atoms with Gasteiger partial charge in [0.15, 0.2) is 5.78 Å². The predicted octanol–water partition coefficient (Wildman–Crippen LogP) is 4.17. The zero-order valence-electron chi connectivity index (χ0n) is 12.7. The first-order valence-electron chi connectivity index (χ1n) is 6.96. The van der Waals surface area contributed by atoms with Crippen LogP contribution in [0.5, 0.6) is 0 Å². The van der Waals surface area contributed by atoms with Crippen LogP contribution in [0.4, 0.5) is 28.0 Å². The predicted molar refractivity (Wildman–Crippen MR) is 73.9 cm³/mol. The van der Waals surface area contributed by atoms with Crippen LogP contribution in [-0.4, -0.2) is 24.0 Å². The molecule has 1 aliphatic rings. The van der Waals surface area contributed by atoms with Crippen LogP contribution in [0.1, 0.15) is 43.1 Å². The fraction of sp³-hybridized carbons (Fsp3) is 0.467. The van der Waals surface area contributed by atoms with E-state index in [9.17, 15) is 27.2 Å². The average Bonchev–Trinajstić information content (AvgIpc) is 2.36. The van der Waals surface area contributed by atoms with E-state index in [1.165, 1.54) is 6.92 Å². The number of Topliss-reactive ketones (excluding diaryl/α,β-unsaturated/α-hetero) is 1. The van der Waals surface area contributed by atoms with Gasteiger partial charge in [0.1, 0.15) is 5.82 Å². The van der Waals surface area contributed by atoms with Gasteiger partial charge in [-0.1, -0.05) is 0 Å². The minimum Gasteiger partial charge on any atom is -0.446 e. The van der Waals surface area contributed by atoms with Gasteiger partial charge >= 0.3 is 12.3 Å². The number of alkyl halides is 3. The third-order valence-corrected chi connectivity index (χ3v) is 3.41. The Labute approximate surface area is 130 Å². The molecule has 1 amide bonds. The maximum Gasteiger partial charge on any atom is 0.419 e. The third-order valence-electron chi connectivity index (χ3n) is 3.41. The van der Waals surface area contributed by atoms with E-state index in [-0.39, 0.29) is 17.7 Å². The van der Waals surface area contributed by atoms with Gasteiger partial charge in [0, 0.05) is 18.0 Å². The molecule has 0 spiro atoms. The molecule has 23 heavy (non-hydrogen) atoms. The first-order valence-corrected chi connectivity index (χ1v) is 6.96. The topological polar surface area (TPSA) is 46.6 Å². The number of hydrogen-bond acceptors (Lipinski definition) is 3. The molecule has 1 heterocycles. The van der Waals surface area contributed by atoms with Crippen molar-refractivity contribution in [1.82, 2.24) is 0 Å². The number of nitrogens with zero attached hydrogens (tertiary/aromatic N) is 1. The zero-order valence-corrected chi connectivity index (χ0v) is 12.7. The van der Waals surface area contributed by atoms with Crippen LogP contribution in [-0.2, 0) is 10.9 Å². The van der Waals surface area contributed by atoms with Gasteiger partial charge in [-0.05, 0) is 32.9 Å². The Morgan fingerprint density at radius 1 is 1.35 bits per heavy atom. The minimum atomic E-state index is -4.93. The fourth-order valence-electron chi connectivity index (χ4n) is 2.45. The summed E-state index contributed by atoms with van der Waals surface area (Å²) in [7, 11) is 0. The second-order valence-electron chi connectivity index (χ2n) is 5.63. The van der Waals surface area contributed by atoms with Gasteiger partial charge in [-0.15, -0.1) is 0 Å². The van der Waals surface area contributed by atoms with E-state index >= 15 is 0 Å². The van der Waals surface area contributed by atoms with Crippen LogP contribution in [0.3, 0.4) is 0 Å². The highest BCUT2D eigenvalue weighted by molar-refractivity contribution is 6.08. The lowest BCUT2D eigenvalue weighted by Crippen LogP contribution is -2.45. The van der Waals surface area contributed by atoms with E-state index in [0.29, 0.717) is 12.1 Å². The zero-order chi connectivity index (χ0) is 17.5. The first-order chi connectivity index (χ1) is 10.5. The standard InChI is InChI=1S/C15H15F4NO3/c1-7(2)23-14(22)20-8(3)4-13(21)9-5-11(16)10(6-12(9)20)15(17,18)19/h5-8H,4H2,1-3H3. The second kappa shape index (κ2) is 5.82. The summed E-state index contributed by atoms with van der Waals surface area (Å²) >= 11 is 0. The SMILES string of the molecule is CC(C)OC(=O)N1c2cc(C(F)(F)F)c(F)cc2C(=O)CC1C. The third kappa shape index (κ3) is 3.30. The Kier molecular flexibility index (Phi) is 4.37. The minimum absolute atomic E-state index is 0.120. The number of amides is 1. The number of benzene rings is 1. The van der Waals surface area contributed by atoms with Gasteiger partial charge in [-0.2, -0.15) is 13.2 Å². The summed E-state index contributed by atoms with van der Waals surface area (Å²) in [5, 5.41) is 0. The van der Waals surface area contributed by atoms with Crippen LogP contribution >= 0.6 is 0 Å². The smallest absolute Gasteiger partial charge is 0.419 e. The lowest BCUT2D eigenvalue weighted by molar-refractivity contribution is -0.140. The van der Waals surface area contributed by atoms with E-state index < -0.39 is 41.6 Å². The highest BCUT2D eigenvalue weighted by Gasteiger charge is 2.40. The molecule has 1 aromatic carbocycles. The Hall–Kier alpha value is -2.12. The Bertz CT molecular complexity index is 655. The van der Waals surface area contributed by atoms with Crippen molar-refractivity contribution in [2.75, 3.05) is 4.90 Å². The van der Waals surface area contributed by atoms with Gasteiger partial charge in [0.25, 0.3) is 0 Å². The summed E-state index contributed by atoms with van der Waals surface area (Å²) in [5.74, 6) is -2.06. The van der Waals surface area contributed by atoms with E-state index in [1.54, 1.807) is 13.8 Å². The highest BCUT2D eigenvalue weighted by atomic mass is 19.4. The largest absolute Gasteiger partial charge is 0.446 e. The molecule has 0 saturated heterocycles. The molecule has 0 radical (unpaired) electrons. The maximum atomic E-state index is 13.7. The van der Waals surface area contributed by atoms with Crippen molar-refractivity contribution < 1.29 is 31.9 Å². The van der Waals surface area contributed by atoms with Crippen molar-refractivity contribution in [2.24, 2.45) is 0 Å². The van der Waals surface area contributed by atoms with Crippen molar-refractivity contribution in [2.45, 2.75) is 45.5 Å². The number of carbonyl (C=O) groups excluding carboxylic acids is 2. The molecular weight excluding hydrogens is 318 g/mol. The number of fused-ring (bicyclic) bond motifs is 1. The van der Waals surface area contributed by atoms with Crippen molar-refractivity contribution in [1.29, 1.82) is 0 Å². The lowest BCUT2D eigenvalue weighted by Gasteiger charge is -2.34. The van der Waals surface area contributed by atoms with Gasteiger partial charge in [-0.25, -0.2) is 9.18 Å². The van der Waals surface area contributed by atoms with E-state index in [0.717, 1.165) is 4.90 Å². The molecule has 0 saturated carbocycles.